The summed E-state index contributed by atoms with van der Waals surface area (Å²) in [4.78, 5) is 56.1. The largest absolute Gasteiger partial charge is 0.489 e. The van der Waals surface area contributed by atoms with Crippen LogP contribution in [0.1, 0.15) is 33.9 Å². The fourth-order valence-electron chi connectivity index (χ4n) is 8.07. The lowest BCUT2D eigenvalue weighted by molar-refractivity contribution is -0.384. The Kier molecular flexibility index (Phi) is 6.32. The van der Waals surface area contributed by atoms with E-state index in [0.717, 1.165) is 33.2 Å². The number of nitrogens with zero attached hydrogens (tertiary/aromatic N) is 2. The smallest absolute Gasteiger partial charge is 0.305 e. The van der Waals surface area contributed by atoms with Crippen molar-refractivity contribution in [1.82, 2.24) is 4.98 Å². The fourth-order valence-corrected chi connectivity index (χ4v) is 11.0. The van der Waals surface area contributed by atoms with Crippen LogP contribution in [0.4, 0.5) is 11.4 Å². The number of rotatable bonds is 6. The van der Waals surface area contributed by atoms with E-state index in [9.17, 15) is 24.5 Å². The second-order valence-corrected chi connectivity index (χ2v) is 14.2. The zero-order valence-electron chi connectivity index (χ0n) is 23.5. The maximum Gasteiger partial charge on any atom is 0.305 e. The van der Waals surface area contributed by atoms with Gasteiger partial charge >= 0.3 is 4.87 Å². The molecule has 0 radical (unpaired) electrons. The molecule has 2 bridgehead atoms. The van der Waals surface area contributed by atoms with Crippen LogP contribution in [-0.2, 0) is 16.2 Å². The quantitative estimate of drug-likeness (QED) is 0.161. The van der Waals surface area contributed by atoms with Crippen LogP contribution in [0.2, 0.25) is 0 Å². The Morgan fingerprint density at radius 1 is 0.955 bits per heavy atom. The number of hydrogen-bond acceptors (Lipinski definition) is 8. The molecule has 8 rings (SSSR count). The highest BCUT2D eigenvalue weighted by Gasteiger charge is 2.69. The number of amides is 2. The molecule has 4 aliphatic rings. The van der Waals surface area contributed by atoms with Crippen LogP contribution in [0.15, 0.2) is 82.6 Å². The summed E-state index contributed by atoms with van der Waals surface area (Å²) in [5.74, 6) is -0.597. The van der Waals surface area contributed by atoms with E-state index in [1.165, 1.54) is 46.1 Å². The summed E-state index contributed by atoms with van der Waals surface area (Å²) in [7, 11) is 0. The van der Waals surface area contributed by atoms with Gasteiger partial charge in [-0.15, -0.1) is 11.8 Å². The van der Waals surface area contributed by atoms with E-state index < -0.39 is 16.8 Å². The number of hydrogen-bond donors (Lipinski definition) is 1. The van der Waals surface area contributed by atoms with E-state index in [-0.39, 0.29) is 51.3 Å². The Morgan fingerprint density at radius 3 is 2.36 bits per heavy atom. The lowest BCUT2D eigenvalue weighted by Crippen LogP contribution is -2.42. The molecule has 9 nitrogen and oxygen atoms in total. The first-order chi connectivity index (χ1) is 21.3. The summed E-state index contributed by atoms with van der Waals surface area (Å²) >= 11 is 2.88. The molecule has 2 aliphatic heterocycles. The van der Waals surface area contributed by atoms with Crippen LogP contribution >= 0.6 is 23.1 Å². The number of imide groups is 1. The molecule has 222 valence electrons. The second kappa shape index (κ2) is 10.2. The van der Waals surface area contributed by atoms with Crippen molar-refractivity contribution in [2.24, 2.45) is 29.6 Å². The van der Waals surface area contributed by atoms with E-state index in [4.69, 9.17) is 4.74 Å². The van der Waals surface area contributed by atoms with Gasteiger partial charge in [0.1, 0.15) is 12.4 Å². The highest BCUT2D eigenvalue weighted by molar-refractivity contribution is 8.00. The van der Waals surface area contributed by atoms with Gasteiger partial charge in [0.25, 0.3) is 5.69 Å². The molecule has 7 atom stereocenters. The molecular formula is C33H27N3O6S2. The van der Waals surface area contributed by atoms with Crippen LogP contribution in [0.25, 0.3) is 0 Å². The zero-order valence-corrected chi connectivity index (χ0v) is 25.2. The first-order valence-corrected chi connectivity index (χ1v) is 16.3. The van der Waals surface area contributed by atoms with Gasteiger partial charge in [0.2, 0.25) is 11.8 Å². The summed E-state index contributed by atoms with van der Waals surface area (Å²) in [6.07, 6.45) is 0.788. The molecule has 0 spiro atoms. The Bertz CT molecular complexity index is 1880. The molecule has 1 N–H and O–H groups in total. The van der Waals surface area contributed by atoms with Crippen molar-refractivity contribution in [2.75, 3.05) is 4.90 Å². The van der Waals surface area contributed by atoms with Gasteiger partial charge in [-0.25, -0.2) is 0 Å². The summed E-state index contributed by atoms with van der Waals surface area (Å²) in [5.41, 5.74) is 3.64. The molecule has 44 heavy (non-hydrogen) atoms. The van der Waals surface area contributed by atoms with E-state index >= 15 is 0 Å². The number of aromatic amines is 1. The molecule has 3 fully saturated rings. The number of thioether (sulfide) groups is 1. The van der Waals surface area contributed by atoms with Gasteiger partial charge in [-0.2, -0.15) is 0 Å². The molecule has 4 aromatic rings. The molecule has 11 heteroatoms. The first kappa shape index (κ1) is 27.3. The molecule has 3 aromatic carbocycles. The number of nitro benzene ring substituents is 1. The van der Waals surface area contributed by atoms with Crippen LogP contribution < -0.4 is 14.5 Å². The number of nitrogens with one attached hydrogen (secondary N) is 1. The highest BCUT2D eigenvalue weighted by Crippen LogP contribution is 2.68. The standard InChI is InChI=1S/C33H27N3O6S2/c1-16-4-2-3-5-18(16)15-42-21-12-6-17(7-13-21)24-25-22-14-23(28(25)43-30-29(24)44-33(39)34-30)27-26(22)31(37)35(32(27)38)19-8-10-20(11-9-19)36(40)41/h2-13,22-28H,14-15H2,1H3,(H,34,39)/t22-,23-,24?,25?,26?,27?,28?/m1/s1. The van der Waals surface area contributed by atoms with Crippen LogP contribution in [0.5, 0.6) is 5.75 Å². The Morgan fingerprint density at radius 2 is 1.66 bits per heavy atom. The second-order valence-electron chi connectivity index (χ2n) is 12.0. The monoisotopic (exact) mass is 625 g/mol. The van der Waals surface area contributed by atoms with Crippen LogP contribution in [0.3, 0.4) is 0 Å². The number of fused-ring (bicyclic) bond motifs is 9. The summed E-state index contributed by atoms with van der Waals surface area (Å²) in [5, 5.41) is 12.1. The van der Waals surface area contributed by atoms with Gasteiger partial charge in [0, 0.05) is 28.2 Å². The number of carbonyl (C=O) groups is 2. The van der Waals surface area contributed by atoms with Gasteiger partial charge in [-0.1, -0.05) is 47.7 Å². The maximum absolute atomic E-state index is 13.9. The molecule has 2 saturated carbocycles. The third-order valence-electron chi connectivity index (χ3n) is 9.94. The molecular weight excluding hydrogens is 599 g/mol. The average Bonchev–Trinajstić information content (AvgIpc) is 3.76. The van der Waals surface area contributed by atoms with Crippen molar-refractivity contribution in [3.63, 3.8) is 0 Å². The number of aryl methyl sites for hydroxylation is 1. The van der Waals surface area contributed by atoms with Crippen molar-refractivity contribution < 1.29 is 19.2 Å². The predicted molar refractivity (Wildman–Crippen MR) is 166 cm³/mol. The molecule has 2 aliphatic carbocycles. The first-order valence-electron chi connectivity index (χ1n) is 14.6. The summed E-state index contributed by atoms with van der Waals surface area (Å²) in [6, 6.07) is 21.8. The molecule has 1 saturated heterocycles. The normalized spacial score (nSPS) is 28.1. The van der Waals surface area contributed by atoms with E-state index in [0.29, 0.717) is 12.3 Å². The van der Waals surface area contributed by atoms with E-state index in [1.807, 2.05) is 24.3 Å². The third kappa shape index (κ3) is 4.09. The lowest BCUT2D eigenvalue weighted by atomic mass is 9.68. The molecule has 1 aromatic heterocycles. The maximum atomic E-state index is 13.9. The SMILES string of the molecule is Cc1ccccc1COc1ccc(C2c3sc(=O)[nH]c3SC3C2[C@H]2C[C@@H]3C3C(=O)N(c4ccc([N+](=O)[O-])cc4)C(=O)C32)cc1. The van der Waals surface area contributed by atoms with Crippen molar-refractivity contribution >= 4 is 46.3 Å². The van der Waals surface area contributed by atoms with Gasteiger partial charge in [-0.05, 0) is 72.1 Å². The third-order valence-corrected chi connectivity index (χ3v) is 12.5. The van der Waals surface area contributed by atoms with Gasteiger partial charge < -0.3 is 9.72 Å². The minimum atomic E-state index is -0.500. The van der Waals surface area contributed by atoms with Crippen LogP contribution in [0, 0.1) is 46.6 Å². The number of benzene rings is 3. The highest BCUT2D eigenvalue weighted by atomic mass is 32.2. The number of aromatic nitrogens is 1. The Balaban J connectivity index is 1.11. The number of carbonyl (C=O) groups excluding carboxylic acids is 2. The summed E-state index contributed by atoms with van der Waals surface area (Å²) < 4.78 is 6.10. The van der Waals surface area contributed by atoms with Crippen molar-refractivity contribution in [1.29, 1.82) is 0 Å². The average molecular weight is 626 g/mol. The van der Waals surface area contributed by atoms with E-state index in [2.05, 4.69) is 36.2 Å². The van der Waals surface area contributed by atoms with Crippen LogP contribution in [-0.4, -0.2) is 27.0 Å². The topological polar surface area (TPSA) is 123 Å². The minimum absolute atomic E-state index is 0.00438. The van der Waals surface area contributed by atoms with Crippen molar-refractivity contribution in [3.05, 3.63) is 114 Å². The molecule has 5 unspecified atom stereocenters. The van der Waals surface area contributed by atoms with Gasteiger partial charge in [0.05, 0.1) is 27.5 Å². The number of thiazole rings is 1. The number of nitro groups is 1. The number of anilines is 1. The summed E-state index contributed by atoms with van der Waals surface area (Å²) in [6.45, 7) is 2.53. The fraction of sp³-hybridized carbons (Fsp3) is 0.303. The number of H-pyrrole nitrogens is 1. The number of non-ortho nitro benzene ring substituents is 1. The lowest BCUT2D eigenvalue weighted by Gasteiger charge is -2.43. The number of ether oxygens (including phenoxy) is 1. The Hall–Kier alpha value is -4.22. The van der Waals surface area contributed by atoms with Gasteiger partial charge in [-0.3, -0.25) is 29.4 Å². The predicted octanol–water partition coefficient (Wildman–Crippen LogP) is 5.91. The van der Waals surface area contributed by atoms with Gasteiger partial charge in [0.15, 0.2) is 0 Å². The molecule has 3 heterocycles. The van der Waals surface area contributed by atoms with E-state index in [1.54, 1.807) is 11.8 Å². The Labute approximate surface area is 260 Å². The molecule has 2 amide bonds. The van der Waals surface area contributed by atoms with Crippen molar-refractivity contribution in [2.45, 2.75) is 36.1 Å². The minimum Gasteiger partial charge on any atom is -0.489 e. The van der Waals surface area contributed by atoms with Crippen molar-refractivity contribution in [3.8, 4) is 5.75 Å². The zero-order chi connectivity index (χ0) is 30.3.